The molecule has 0 radical (unpaired) electrons. The van der Waals surface area contributed by atoms with E-state index >= 15 is 0 Å². The van der Waals surface area contributed by atoms with Gasteiger partial charge in [0.05, 0.1) is 11.0 Å². The minimum atomic E-state index is -0.0657. The van der Waals surface area contributed by atoms with Gasteiger partial charge in [-0.15, -0.1) is 0 Å². The SMILES string of the molecule is CCNCCCNC(=O)c1ccc2nccnc2c1. The van der Waals surface area contributed by atoms with Crippen molar-refractivity contribution in [2.75, 3.05) is 19.6 Å². The first-order chi connectivity index (χ1) is 9.31. The standard InChI is InChI=1S/C14H18N4O/c1-2-15-6-3-7-18-14(19)11-4-5-12-13(10-11)17-9-8-16-12/h4-5,8-10,15H,2-3,6-7H2,1H3,(H,18,19). The molecule has 0 aliphatic heterocycles. The summed E-state index contributed by atoms with van der Waals surface area (Å²) in [6.45, 7) is 4.61. The van der Waals surface area contributed by atoms with Crippen molar-refractivity contribution in [3.63, 3.8) is 0 Å². The number of carbonyl (C=O) groups is 1. The molecule has 0 saturated carbocycles. The van der Waals surface area contributed by atoms with E-state index in [0.29, 0.717) is 12.1 Å². The molecule has 0 spiro atoms. The lowest BCUT2D eigenvalue weighted by atomic mass is 10.2. The minimum absolute atomic E-state index is 0.0657. The van der Waals surface area contributed by atoms with E-state index in [9.17, 15) is 4.79 Å². The van der Waals surface area contributed by atoms with Crippen molar-refractivity contribution in [3.05, 3.63) is 36.2 Å². The average molecular weight is 258 g/mol. The summed E-state index contributed by atoms with van der Waals surface area (Å²) in [6, 6.07) is 5.36. The van der Waals surface area contributed by atoms with Crippen LogP contribution in [0.15, 0.2) is 30.6 Å². The van der Waals surface area contributed by atoms with Crippen molar-refractivity contribution in [1.82, 2.24) is 20.6 Å². The molecule has 0 bridgehead atoms. The smallest absolute Gasteiger partial charge is 0.251 e. The Bertz CT molecular complexity index is 556. The summed E-state index contributed by atoms with van der Waals surface area (Å²) in [4.78, 5) is 20.3. The first-order valence-corrected chi connectivity index (χ1v) is 6.51. The highest BCUT2D eigenvalue weighted by atomic mass is 16.1. The van der Waals surface area contributed by atoms with Crippen LogP contribution < -0.4 is 10.6 Å². The van der Waals surface area contributed by atoms with Gasteiger partial charge in [-0.25, -0.2) is 0 Å². The van der Waals surface area contributed by atoms with E-state index in [0.717, 1.165) is 30.5 Å². The van der Waals surface area contributed by atoms with Crippen molar-refractivity contribution >= 4 is 16.9 Å². The summed E-state index contributed by atoms with van der Waals surface area (Å²) in [5, 5.41) is 6.11. The summed E-state index contributed by atoms with van der Waals surface area (Å²) >= 11 is 0. The van der Waals surface area contributed by atoms with Crippen LogP contribution in [-0.4, -0.2) is 35.5 Å². The van der Waals surface area contributed by atoms with Crippen molar-refractivity contribution in [2.45, 2.75) is 13.3 Å². The zero-order chi connectivity index (χ0) is 13.5. The fourth-order valence-electron chi connectivity index (χ4n) is 1.80. The molecule has 2 rings (SSSR count). The summed E-state index contributed by atoms with van der Waals surface area (Å²) in [5.74, 6) is -0.0657. The highest BCUT2D eigenvalue weighted by molar-refractivity contribution is 5.97. The van der Waals surface area contributed by atoms with Gasteiger partial charge in [-0.2, -0.15) is 0 Å². The van der Waals surface area contributed by atoms with Crippen LogP contribution in [0.1, 0.15) is 23.7 Å². The number of hydrogen-bond acceptors (Lipinski definition) is 4. The number of benzene rings is 1. The number of nitrogens with one attached hydrogen (secondary N) is 2. The van der Waals surface area contributed by atoms with Crippen LogP contribution in [-0.2, 0) is 0 Å². The van der Waals surface area contributed by atoms with Gasteiger partial charge in [0.25, 0.3) is 5.91 Å². The van der Waals surface area contributed by atoms with Gasteiger partial charge >= 0.3 is 0 Å². The molecule has 0 atom stereocenters. The maximum absolute atomic E-state index is 11.9. The van der Waals surface area contributed by atoms with Gasteiger partial charge < -0.3 is 10.6 Å². The van der Waals surface area contributed by atoms with Gasteiger partial charge in [-0.3, -0.25) is 14.8 Å². The second-order valence-electron chi connectivity index (χ2n) is 4.22. The first-order valence-electron chi connectivity index (χ1n) is 6.51. The Morgan fingerprint density at radius 2 is 1.95 bits per heavy atom. The van der Waals surface area contributed by atoms with E-state index in [1.807, 2.05) is 6.07 Å². The molecule has 1 heterocycles. The molecule has 1 aromatic carbocycles. The van der Waals surface area contributed by atoms with Gasteiger partial charge in [0, 0.05) is 24.5 Å². The molecule has 2 aromatic rings. The zero-order valence-corrected chi connectivity index (χ0v) is 11.0. The van der Waals surface area contributed by atoms with Crippen LogP contribution in [0.2, 0.25) is 0 Å². The summed E-state index contributed by atoms with van der Waals surface area (Å²) in [5.41, 5.74) is 2.16. The molecule has 0 aliphatic rings. The molecule has 0 unspecified atom stereocenters. The zero-order valence-electron chi connectivity index (χ0n) is 11.0. The Morgan fingerprint density at radius 1 is 1.16 bits per heavy atom. The normalized spacial score (nSPS) is 10.6. The fourth-order valence-corrected chi connectivity index (χ4v) is 1.80. The lowest BCUT2D eigenvalue weighted by Gasteiger charge is -2.06. The first kappa shape index (κ1) is 13.4. The molecule has 0 fully saturated rings. The average Bonchev–Trinajstić information content (AvgIpc) is 2.46. The number of nitrogens with zero attached hydrogens (tertiary/aromatic N) is 2. The quantitative estimate of drug-likeness (QED) is 0.768. The molecule has 0 aliphatic carbocycles. The van der Waals surface area contributed by atoms with Crippen LogP contribution in [0.3, 0.4) is 0 Å². The van der Waals surface area contributed by atoms with E-state index in [1.54, 1.807) is 24.5 Å². The number of aromatic nitrogens is 2. The third kappa shape index (κ3) is 3.72. The van der Waals surface area contributed by atoms with Crippen LogP contribution >= 0.6 is 0 Å². The second-order valence-corrected chi connectivity index (χ2v) is 4.22. The molecular weight excluding hydrogens is 240 g/mol. The summed E-state index contributed by atoms with van der Waals surface area (Å²) in [6.07, 6.45) is 4.19. The molecule has 0 saturated heterocycles. The van der Waals surface area contributed by atoms with Crippen molar-refractivity contribution in [3.8, 4) is 0 Å². The van der Waals surface area contributed by atoms with Crippen LogP contribution in [0.4, 0.5) is 0 Å². The highest BCUT2D eigenvalue weighted by Gasteiger charge is 2.06. The Labute approximate surface area is 112 Å². The van der Waals surface area contributed by atoms with E-state index in [4.69, 9.17) is 0 Å². The fraction of sp³-hybridized carbons (Fsp3) is 0.357. The van der Waals surface area contributed by atoms with E-state index in [-0.39, 0.29) is 5.91 Å². The molecule has 100 valence electrons. The predicted octanol–water partition coefficient (Wildman–Crippen LogP) is 1.36. The Morgan fingerprint density at radius 3 is 2.74 bits per heavy atom. The summed E-state index contributed by atoms with van der Waals surface area (Å²) in [7, 11) is 0. The number of hydrogen-bond donors (Lipinski definition) is 2. The Balaban J connectivity index is 1.93. The van der Waals surface area contributed by atoms with Gasteiger partial charge in [0.15, 0.2) is 0 Å². The highest BCUT2D eigenvalue weighted by Crippen LogP contribution is 2.10. The van der Waals surface area contributed by atoms with E-state index < -0.39 is 0 Å². The largest absolute Gasteiger partial charge is 0.352 e. The van der Waals surface area contributed by atoms with Crippen molar-refractivity contribution in [2.24, 2.45) is 0 Å². The Kier molecular flexibility index (Phi) is 4.80. The minimum Gasteiger partial charge on any atom is -0.352 e. The van der Waals surface area contributed by atoms with Crippen molar-refractivity contribution in [1.29, 1.82) is 0 Å². The molecule has 2 N–H and O–H groups in total. The maximum atomic E-state index is 11.9. The van der Waals surface area contributed by atoms with Gasteiger partial charge in [0.2, 0.25) is 0 Å². The molecule has 5 heteroatoms. The number of amides is 1. The molecular formula is C14H18N4O. The molecule has 1 aromatic heterocycles. The topological polar surface area (TPSA) is 66.9 Å². The van der Waals surface area contributed by atoms with Crippen molar-refractivity contribution < 1.29 is 4.79 Å². The van der Waals surface area contributed by atoms with E-state index in [1.165, 1.54) is 0 Å². The molecule has 1 amide bonds. The van der Waals surface area contributed by atoms with Gasteiger partial charge in [-0.1, -0.05) is 6.92 Å². The van der Waals surface area contributed by atoms with Gasteiger partial charge in [0.1, 0.15) is 0 Å². The third-order valence-corrected chi connectivity index (χ3v) is 2.80. The molecule has 19 heavy (non-hydrogen) atoms. The number of rotatable bonds is 6. The Hall–Kier alpha value is -2.01. The summed E-state index contributed by atoms with van der Waals surface area (Å²) < 4.78 is 0. The lowest BCUT2D eigenvalue weighted by molar-refractivity contribution is 0.0953. The number of fused-ring (bicyclic) bond motifs is 1. The van der Waals surface area contributed by atoms with Crippen LogP contribution in [0, 0.1) is 0 Å². The molecule has 5 nitrogen and oxygen atoms in total. The predicted molar refractivity (Wildman–Crippen MR) is 75.0 cm³/mol. The number of carbonyl (C=O) groups excluding carboxylic acids is 1. The monoisotopic (exact) mass is 258 g/mol. The van der Waals surface area contributed by atoms with E-state index in [2.05, 4.69) is 27.5 Å². The maximum Gasteiger partial charge on any atom is 0.251 e. The van der Waals surface area contributed by atoms with Crippen LogP contribution in [0.5, 0.6) is 0 Å². The lowest BCUT2D eigenvalue weighted by Crippen LogP contribution is -2.27. The second kappa shape index (κ2) is 6.80. The van der Waals surface area contributed by atoms with Crippen LogP contribution in [0.25, 0.3) is 11.0 Å². The van der Waals surface area contributed by atoms with Gasteiger partial charge in [-0.05, 0) is 37.7 Å². The third-order valence-electron chi connectivity index (χ3n) is 2.80.